The normalized spacial score (nSPS) is 10.8. The van der Waals surface area contributed by atoms with Gasteiger partial charge in [-0.2, -0.15) is 0 Å². The van der Waals surface area contributed by atoms with Gasteiger partial charge in [-0.1, -0.05) is 12.1 Å². The molecule has 0 unspecified atom stereocenters. The summed E-state index contributed by atoms with van der Waals surface area (Å²) in [6, 6.07) is 6.32. The maximum Gasteiger partial charge on any atom is 0.340 e. The molecule has 0 saturated carbocycles. The molecule has 3 rings (SSSR count). The monoisotopic (exact) mass is 440 g/mol. The van der Waals surface area contributed by atoms with Crippen LogP contribution in [0.25, 0.3) is 11.0 Å². The maximum atomic E-state index is 13.2. The second-order valence-corrected chi connectivity index (χ2v) is 6.95. The Bertz CT molecular complexity index is 1310. The van der Waals surface area contributed by atoms with E-state index < -0.39 is 29.7 Å². The van der Waals surface area contributed by atoms with Crippen molar-refractivity contribution in [3.8, 4) is 5.75 Å². The first-order valence-corrected chi connectivity index (χ1v) is 10.1. The first-order chi connectivity index (χ1) is 15.3. The fourth-order valence-electron chi connectivity index (χ4n) is 3.30. The van der Waals surface area contributed by atoms with Gasteiger partial charge >= 0.3 is 11.7 Å². The zero-order valence-corrected chi connectivity index (χ0v) is 18.3. The summed E-state index contributed by atoms with van der Waals surface area (Å²) in [5, 5.41) is 2.70. The largest absolute Gasteiger partial charge is 0.493 e. The van der Waals surface area contributed by atoms with Gasteiger partial charge in [-0.05, 0) is 32.9 Å². The van der Waals surface area contributed by atoms with Crippen LogP contribution in [0.15, 0.2) is 40.1 Å². The Morgan fingerprint density at radius 2 is 1.84 bits per heavy atom. The summed E-state index contributed by atoms with van der Waals surface area (Å²) >= 11 is 0. The highest BCUT2D eigenvalue weighted by Crippen LogP contribution is 2.24. The number of para-hydroxylation sites is 1. The van der Waals surface area contributed by atoms with E-state index in [0.717, 1.165) is 4.57 Å². The Morgan fingerprint density at radius 1 is 1.12 bits per heavy atom. The number of anilines is 1. The zero-order chi connectivity index (χ0) is 23.4. The minimum absolute atomic E-state index is 0.119. The molecule has 0 saturated heterocycles. The molecule has 0 aliphatic heterocycles. The quantitative estimate of drug-likeness (QED) is 0.554. The lowest BCUT2D eigenvalue weighted by Gasteiger charge is -2.15. The molecule has 168 valence electrons. The van der Waals surface area contributed by atoms with Gasteiger partial charge in [0, 0.05) is 18.8 Å². The summed E-state index contributed by atoms with van der Waals surface area (Å²) < 4.78 is 12.6. The number of esters is 1. The van der Waals surface area contributed by atoms with Crippen LogP contribution in [0.5, 0.6) is 5.75 Å². The number of amides is 1. The van der Waals surface area contributed by atoms with Crippen LogP contribution in [-0.2, 0) is 23.1 Å². The number of nitrogens with zero attached hydrogens (tertiary/aromatic N) is 3. The Hall–Kier alpha value is -3.95. The molecule has 0 radical (unpaired) electrons. The van der Waals surface area contributed by atoms with Gasteiger partial charge in [-0.3, -0.25) is 14.2 Å². The number of carbonyl (C=O) groups is 2. The van der Waals surface area contributed by atoms with E-state index in [0.29, 0.717) is 17.9 Å². The standard InChI is InChI=1S/C22H24N4O6/c1-5-31-18-13(3)11-23-19-17(18)20(28)26(22(30)25(19)4)12-16(27)24-15-10-8-7-9-14(15)21(29)32-6-2/h7-11H,5-6,12H2,1-4H3,(H,24,27). The molecule has 0 spiro atoms. The summed E-state index contributed by atoms with van der Waals surface area (Å²) in [6.45, 7) is 5.13. The molecular weight excluding hydrogens is 416 g/mol. The van der Waals surface area contributed by atoms with E-state index in [-0.39, 0.29) is 28.9 Å². The van der Waals surface area contributed by atoms with E-state index in [4.69, 9.17) is 9.47 Å². The van der Waals surface area contributed by atoms with Crippen LogP contribution in [0.3, 0.4) is 0 Å². The number of hydrogen-bond acceptors (Lipinski definition) is 7. The lowest BCUT2D eigenvalue weighted by atomic mass is 10.2. The van der Waals surface area contributed by atoms with Crippen molar-refractivity contribution in [2.45, 2.75) is 27.3 Å². The van der Waals surface area contributed by atoms with Gasteiger partial charge in [0.2, 0.25) is 5.91 Å². The maximum absolute atomic E-state index is 13.2. The number of aromatic nitrogens is 3. The van der Waals surface area contributed by atoms with Crippen molar-refractivity contribution in [2.24, 2.45) is 7.05 Å². The molecule has 3 aromatic rings. The van der Waals surface area contributed by atoms with Crippen molar-refractivity contribution in [1.82, 2.24) is 14.1 Å². The number of fused-ring (bicyclic) bond motifs is 1. The highest BCUT2D eigenvalue weighted by atomic mass is 16.5. The van der Waals surface area contributed by atoms with Gasteiger partial charge < -0.3 is 14.8 Å². The Kier molecular flexibility index (Phi) is 6.72. The van der Waals surface area contributed by atoms with E-state index in [1.165, 1.54) is 29.9 Å². The number of aryl methyl sites for hydroxylation is 2. The number of ether oxygens (including phenoxy) is 2. The molecular formula is C22H24N4O6. The van der Waals surface area contributed by atoms with Crippen LogP contribution in [0.4, 0.5) is 5.69 Å². The molecule has 10 nitrogen and oxygen atoms in total. The van der Waals surface area contributed by atoms with Crippen molar-refractivity contribution in [3.05, 3.63) is 62.4 Å². The molecule has 10 heteroatoms. The van der Waals surface area contributed by atoms with Crippen molar-refractivity contribution in [2.75, 3.05) is 18.5 Å². The summed E-state index contributed by atoms with van der Waals surface area (Å²) in [5.74, 6) is -0.927. The minimum atomic E-state index is -0.699. The molecule has 32 heavy (non-hydrogen) atoms. The Morgan fingerprint density at radius 3 is 2.53 bits per heavy atom. The highest BCUT2D eigenvalue weighted by Gasteiger charge is 2.20. The number of nitrogens with one attached hydrogen (secondary N) is 1. The SMILES string of the molecule is CCOC(=O)c1ccccc1NC(=O)Cn1c(=O)c2c(OCC)c(C)cnc2n(C)c1=O. The molecule has 2 aromatic heterocycles. The van der Waals surface area contributed by atoms with Crippen molar-refractivity contribution < 1.29 is 19.1 Å². The van der Waals surface area contributed by atoms with Gasteiger partial charge in [0.25, 0.3) is 5.56 Å². The number of carbonyl (C=O) groups excluding carboxylic acids is 2. The van der Waals surface area contributed by atoms with Crippen molar-refractivity contribution >= 4 is 28.6 Å². The first kappa shape index (κ1) is 22.7. The summed E-state index contributed by atoms with van der Waals surface area (Å²) in [6.07, 6.45) is 1.52. The van der Waals surface area contributed by atoms with Crippen LogP contribution in [0.2, 0.25) is 0 Å². The van der Waals surface area contributed by atoms with E-state index in [2.05, 4.69) is 10.3 Å². The van der Waals surface area contributed by atoms with E-state index >= 15 is 0 Å². The van der Waals surface area contributed by atoms with Crippen LogP contribution >= 0.6 is 0 Å². The van der Waals surface area contributed by atoms with Crippen molar-refractivity contribution in [1.29, 1.82) is 0 Å². The van der Waals surface area contributed by atoms with Gasteiger partial charge in [-0.25, -0.2) is 19.1 Å². The smallest absolute Gasteiger partial charge is 0.340 e. The minimum Gasteiger partial charge on any atom is -0.493 e. The van der Waals surface area contributed by atoms with E-state index in [9.17, 15) is 19.2 Å². The van der Waals surface area contributed by atoms with Crippen LogP contribution < -0.4 is 21.3 Å². The third-order valence-electron chi connectivity index (χ3n) is 4.77. The molecule has 0 atom stereocenters. The number of rotatable bonds is 7. The first-order valence-electron chi connectivity index (χ1n) is 10.1. The summed E-state index contributed by atoms with van der Waals surface area (Å²) in [7, 11) is 1.46. The number of pyridine rings is 1. The van der Waals surface area contributed by atoms with Crippen LogP contribution in [0.1, 0.15) is 29.8 Å². The summed E-state index contributed by atoms with van der Waals surface area (Å²) in [4.78, 5) is 55.0. The summed E-state index contributed by atoms with van der Waals surface area (Å²) in [5.41, 5.74) is -0.200. The third kappa shape index (κ3) is 4.25. The molecule has 1 amide bonds. The average Bonchev–Trinajstić information content (AvgIpc) is 2.77. The fraction of sp³-hybridized carbons (Fsp3) is 0.318. The van der Waals surface area contributed by atoms with Gasteiger partial charge in [0.05, 0.1) is 24.5 Å². The predicted octanol–water partition coefficient (Wildman–Crippen LogP) is 1.62. The third-order valence-corrected chi connectivity index (χ3v) is 4.77. The van der Waals surface area contributed by atoms with E-state index in [1.54, 1.807) is 32.9 Å². The van der Waals surface area contributed by atoms with Gasteiger partial charge in [0.15, 0.2) is 5.65 Å². The molecule has 1 aromatic carbocycles. The van der Waals surface area contributed by atoms with Gasteiger partial charge in [0.1, 0.15) is 17.7 Å². The molecule has 0 fully saturated rings. The second kappa shape index (κ2) is 9.46. The lowest BCUT2D eigenvalue weighted by Crippen LogP contribution is -2.42. The van der Waals surface area contributed by atoms with E-state index in [1.807, 2.05) is 0 Å². The molecule has 2 heterocycles. The Balaban J connectivity index is 2.03. The fourth-order valence-corrected chi connectivity index (χ4v) is 3.30. The molecule has 0 aliphatic rings. The lowest BCUT2D eigenvalue weighted by molar-refractivity contribution is -0.116. The van der Waals surface area contributed by atoms with Crippen LogP contribution in [0, 0.1) is 6.92 Å². The topological polar surface area (TPSA) is 122 Å². The molecule has 0 bridgehead atoms. The Labute approximate surface area is 183 Å². The molecule has 1 N–H and O–H groups in total. The average molecular weight is 440 g/mol. The zero-order valence-electron chi connectivity index (χ0n) is 18.3. The van der Waals surface area contributed by atoms with Crippen molar-refractivity contribution in [3.63, 3.8) is 0 Å². The number of benzene rings is 1. The predicted molar refractivity (Wildman–Crippen MR) is 118 cm³/mol. The highest BCUT2D eigenvalue weighted by molar-refractivity contribution is 6.01. The van der Waals surface area contributed by atoms with Crippen LogP contribution in [-0.4, -0.2) is 39.2 Å². The van der Waals surface area contributed by atoms with Gasteiger partial charge in [-0.15, -0.1) is 0 Å². The second-order valence-electron chi connectivity index (χ2n) is 6.95. The molecule has 0 aliphatic carbocycles. The number of hydrogen-bond donors (Lipinski definition) is 1.